The van der Waals surface area contributed by atoms with Crippen molar-refractivity contribution in [2.24, 2.45) is 0 Å². The number of thioether (sulfide) groups is 1. The fourth-order valence-corrected chi connectivity index (χ4v) is 5.69. The molecule has 1 N–H and O–H groups in total. The summed E-state index contributed by atoms with van der Waals surface area (Å²) in [7, 11) is 1.58. The normalized spacial score (nSPS) is 13.9. The zero-order valence-electron chi connectivity index (χ0n) is 22.2. The van der Waals surface area contributed by atoms with Crippen LogP contribution in [0.25, 0.3) is 11.3 Å². The number of nitrogens with one attached hydrogen (secondary N) is 1. The summed E-state index contributed by atoms with van der Waals surface area (Å²) in [6.45, 7) is 3.94. The topological polar surface area (TPSA) is 88.4 Å². The number of carbonyl (C=O) groups is 1. The van der Waals surface area contributed by atoms with Gasteiger partial charge in [-0.1, -0.05) is 73.6 Å². The third-order valence-corrected chi connectivity index (χ3v) is 7.52. The van der Waals surface area contributed by atoms with Gasteiger partial charge in [0, 0.05) is 17.8 Å². The number of unbranched alkanes of at least 4 members (excludes halogenated alkanes) is 1. The maximum Gasteiger partial charge on any atom is 0.325 e. The predicted octanol–water partition coefficient (Wildman–Crippen LogP) is 5.12. The first kappa shape index (κ1) is 26.5. The summed E-state index contributed by atoms with van der Waals surface area (Å²) in [5.41, 5.74) is 3.03. The van der Waals surface area contributed by atoms with Crippen LogP contribution in [0.2, 0.25) is 0 Å². The first-order chi connectivity index (χ1) is 19.0. The van der Waals surface area contributed by atoms with Gasteiger partial charge >= 0.3 is 11.3 Å². The van der Waals surface area contributed by atoms with E-state index in [1.807, 2.05) is 72.8 Å². The molecule has 1 aromatic heterocycles. The van der Waals surface area contributed by atoms with E-state index in [1.165, 1.54) is 18.7 Å². The van der Waals surface area contributed by atoms with Crippen LogP contribution in [0.3, 0.4) is 0 Å². The van der Waals surface area contributed by atoms with Crippen molar-refractivity contribution < 1.29 is 19.0 Å². The Morgan fingerprint density at radius 2 is 1.85 bits per heavy atom. The van der Waals surface area contributed by atoms with Gasteiger partial charge in [-0.15, -0.1) is 0 Å². The Labute approximate surface area is 231 Å². The van der Waals surface area contributed by atoms with Crippen molar-refractivity contribution in [2.75, 3.05) is 17.8 Å². The van der Waals surface area contributed by atoms with E-state index in [2.05, 4.69) is 11.9 Å². The molecule has 1 aliphatic heterocycles. The van der Waals surface area contributed by atoms with Crippen molar-refractivity contribution >= 4 is 23.4 Å². The van der Waals surface area contributed by atoms with Crippen LogP contribution >= 0.6 is 11.8 Å². The van der Waals surface area contributed by atoms with Crippen LogP contribution in [0.4, 0.5) is 5.69 Å². The van der Waals surface area contributed by atoms with Gasteiger partial charge in [-0.05, 0) is 40.9 Å². The number of hydrogen-bond donors (Lipinski definition) is 1. The smallest absolute Gasteiger partial charge is 0.325 e. The van der Waals surface area contributed by atoms with Gasteiger partial charge in [0.05, 0.1) is 23.9 Å². The molecular weight excluding hydrogens is 512 g/mol. The number of nitrogens with zero attached hydrogens (tertiary/aromatic N) is 3. The van der Waals surface area contributed by atoms with E-state index in [4.69, 9.17) is 14.6 Å². The van der Waals surface area contributed by atoms with E-state index < -0.39 is 6.17 Å². The number of H-pyrrole nitrogens is 1. The maximum atomic E-state index is 13.6. The molecule has 0 saturated carbocycles. The van der Waals surface area contributed by atoms with E-state index in [1.54, 1.807) is 16.7 Å². The van der Waals surface area contributed by atoms with Gasteiger partial charge < -0.3 is 9.47 Å². The number of rotatable bonds is 9. The molecule has 200 valence electrons. The van der Waals surface area contributed by atoms with Gasteiger partial charge in [-0.25, -0.2) is 4.90 Å². The maximum absolute atomic E-state index is 13.6. The van der Waals surface area contributed by atoms with Gasteiger partial charge in [-0.2, -0.15) is 0 Å². The molecule has 2 heterocycles. The first-order valence-electron chi connectivity index (χ1n) is 12.9. The zero-order valence-corrected chi connectivity index (χ0v) is 23.0. The summed E-state index contributed by atoms with van der Waals surface area (Å²) in [5, 5.41) is 5.38. The Hall–Kier alpha value is -4.11. The summed E-state index contributed by atoms with van der Waals surface area (Å²) >= 11 is 1.49. The Morgan fingerprint density at radius 3 is 2.59 bits per heavy atom. The number of hydrogen-bond acceptors (Lipinski definition) is 6. The Morgan fingerprint density at radius 1 is 1.08 bits per heavy atom. The van der Waals surface area contributed by atoms with Crippen LogP contribution in [0.1, 0.15) is 44.0 Å². The third-order valence-electron chi connectivity index (χ3n) is 6.57. The highest BCUT2D eigenvalue weighted by atomic mass is 32.2. The van der Waals surface area contributed by atoms with E-state index in [9.17, 15) is 9.59 Å². The molecule has 0 spiro atoms. The van der Waals surface area contributed by atoms with Crippen LogP contribution in [0.15, 0.2) is 82.7 Å². The number of methoxy groups -OCH3 is 1. The number of carbonyl (C=O) groups excluding carboxylic acids is 1. The molecule has 0 bridgehead atoms. The van der Waals surface area contributed by atoms with Crippen LogP contribution in [0.5, 0.6) is 11.5 Å². The minimum absolute atomic E-state index is 0.190. The molecule has 8 nitrogen and oxygen atoms in total. The van der Waals surface area contributed by atoms with Gasteiger partial charge in [0.2, 0.25) is 11.1 Å². The van der Waals surface area contributed by atoms with Gasteiger partial charge in [0.15, 0.2) is 11.5 Å². The second-order valence-electron chi connectivity index (χ2n) is 9.19. The molecule has 9 heteroatoms. The number of para-hydroxylation sites is 2. The van der Waals surface area contributed by atoms with Crippen LogP contribution in [-0.2, 0) is 11.4 Å². The lowest BCUT2D eigenvalue weighted by Crippen LogP contribution is -2.60. The lowest BCUT2D eigenvalue weighted by Gasteiger charge is -2.32. The molecule has 0 aliphatic carbocycles. The fraction of sp³-hybridized carbons (Fsp3) is 0.267. The molecule has 39 heavy (non-hydrogen) atoms. The molecule has 1 amide bonds. The molecule has 5 rings (SSSR count). The fourth-order valence-electron chi connectivity index (χ4n) is 4.75. The monoisotopic (exact) mass is 543 g/mol. The first-order valence-corrected chi connectivity index (χ1v) is 13.9. The number of benzene rings is 3. The molecule has 1 unspecified atom stereocenters. The number of ether oxygens (including phenoxy) is 2. The molecule has 1 aliphatic rings. The number of fused-ring (bicyclic) bond motifs is 3. The molecule has 3 aromatic carbocycles. The van der Waals surface area contributed by atoms with Crippen molar-refractivity contribution in [1.82, 2.24) is 10.1 Å². The number of aromatic nitrogens is 3. The minimum Gasteiger partial charge on any atom is -0.493 e. The van der Waals surface area contributed by atoms with Gasteiger partial charge in [0.1, 0.15) is 6.61 Å². The molecule has 4 aromatic rings. The standard InChI is InChI=1S/C30H30N4O4S/c1-4-5-18-39-30-31-28(36)26-22-14-9-10-16-24(22)33(20(2)35)29(34(26)32-30)23-15-11-17-25(37-3)27(23)38-19-21-12-7-6-8-13-21/h6-17,29H,4-5,18-19H2,1-3H3/p+1. The number of amides is 1. The molecule has 0 saturated heterocycles. The number of anilines is 1. The van der Waals surface area contributed by atoms with E-state index in [0.29, 0.717) is 45.8 Å². The van der Waals surface area contributed by atoms with E-state index in [-0.39, 0.29) is 11.5 Å². The van der Waals surface area contributed by atoms with Crippen LogP contribution in [0, 0.1) is 0 Å². The average molecular weight is 544 g/mol. The SMILES string of the molecule is CCCCSc1n[n+]2c(c(=O)[nH]1)-c1ccccc1N(C(C)=O)C2c1cccc(OC)c1OCc1ccccc1. The average Bonchev–Trinajstić information content (AvgIpc) is 2.95. The third kappa shape index (κ3) is 5.27. The highest BCUT2D eigenvalue weighted by Crippen LogP contribution is 2.42. The van der Waals surface area contributed by atoms with Crippen molar-refractivity contribution in [2.45, 2.75) is 44.6 Å². The summed E-state index contributed by atoms with van der Waals surface area (Å²) in [5.74, 6) is 1.64. The summed E-state index contributed by atoms with van der Waals surface area (Å²) in [6.07, 6.45) is 1.26. The summed E-state index contributed by atoms with van der Waals surface area (Å²) in [4.78, 5) is 31.5. The van der Waals surface area contributed by atoms with Gasteiger partial charge in [-0.3, -0.25) is 14.6 Å². The van der Waals surface area contributed by atoms with Crippen LogP contribution in [-0.4, -0.2) is 28.9 Å². The minimum atomic E-state index is -0.777. The van der Waals surface area contributed by atoms with E-state index in [0.717, 1.165) is 24.2 Å². The summed E-state index contributed by atoms with van der Waals surface area (Å²) < 4.78 is 13.7. The Kier molecular flexibility index (Phi) is 7.97. The van der Waals surface area contributed by atoms with E-state index >= 15 is 0 Å². The number of aromatic amines is 1. The quantitative estimate of drug-likeness (QED) is 0.179. The van der Waals surface area contributed by atoms with Crippen LogP contribution < -0.4 is 24.6 Å². The lowest BCUT2D eigenvalue weighted by atomic mass is 10.0. The van der Waals surface area contributed by atoms with Crippen molar-refractivity contribution in [1.29, 1.82) is 0 Å². The second-order valence-corrected chi connectivity index (χ2v) is 10.3. The second kappa shape index (κ2) is 11.7. The lowest BCUT2D eigenvalue weighted by molar-refractivity contribution is -0.763. The van der Waals surface area contributed by atoms with Gasteiger partial charge in [0.25, 0.3) is 6.17 Å². The Bertz CT molecular complexity index is 1540. The Balaban J connectivity index is 1.72. The molecule has 1 atom stereocenters. The summed E-state index contributed by atoms with van der Waals surface area (Å²) in [6, 6.07) is 22.8. The van der Waals surface area contributed by atoms with Crippen molar-refractivity contribution in [3.05, 3.63) is 94.3 Å². The highest BCUT2D eigenvalue weighted by Gasteiger charge is 2.46. The largest absolute Gasteiger partial charge is 0.493 e. The highest BCUT2D eigenvalue weighted by molar-refractivity contribution is 7.99. The van der Waals surface area contributed by atoms with Crippen molar-refractivity contribution in [3.63, 3.8) is 0 Å². The molecule has 0 fully saturated rings. The molecular formula is C30H31N4O4S+. The zero-order chi connectivity index (χ0) is 27.4. The predicted molar refractivity (Wildman–Crippen MR) is 151 cm³/mol. The van der Waals surface area contributed by atoms with Crippen molar-refractivity contribution in [3.8, 4) is 22.8 Å². The molecule has 0 radical (unpaired) electrons.